The Balaban J connectivity index is 1.69. The van der Waals surface area contributed by atoms with E-state index in [0.29, 0.717) is 17.7 Å². The lowest BCUT2D eigenvalue weighted by atomic mass is 9.88. The van der Waals surface area contributed by atoms with Crippen LogP contribution in [0.3, 0.4) is 0 Å². The Bertz CT molecular complexity index is 1120. The van der Waals surface area contributed by atoms with Crippen molar-refractivity contribution in [1.29, 1.82) is 0 Å². The third-order valence-electron chi connectivity index (χ3n) is 5.49. The number of carbonyl (C=O) groups is 2. The SMILES string of the molecule is O=C1CCCC2=C1[C@@H](c1cccs1)N(C(=O)Nc1ccccc1)c1ccccc1N2. The van der Waals surface area contributed by atoms with Gasteiger partial charge in [-0.3, -0.25) is 9.69 Å². The smallest absolute Gasteiger partial charge is 0.327 e. The van der Waals surface area contributed by atoms with E-state index in [1.807, 2.05) is 72.1 Å². The number of rotatable bonds is 2. The second-order valence-electron chi connectivity index (χ2n) is 7.40. The van der Waals surface area contributed by atoms with Crippen molar-refractivity contribution in [3.63, 3.8) is 0 Å². The van der Waals surface area contributed by atoms with Crippen molar-refractivity contribution in [2.75, 3.05) is 15.5 Å². The maximum atomic E-state index is 13.6. The highest BCUT2D eigenvalue weighted by Crippen LogP contribution is 2.45. The Hall–Kier alpha value is -3.38. The minimum absolute atomic E-state index is 0.104. The van der Waals surface area contributed by atoms with Crippen molar-refractivity contribution in [3.05, 3.63) is 88.3 Å². The van der Waals surface area contributed by atoms with Crippen LogP contribution in [0, 0.1) is 0 Å². The number of amides is 2. The summed E-state index contributed by atoms with van der Waals surface area (Å²) in [5.74, 6) is 0.104. The van der Waals surface area contributed by atoms with Gasteiger partial charge in [0.1, 0.15) is 6.04 Å². The first-order valence-electron chi connectivity index (χ1n) is 10.0. The molecule has 0 unspecified atom stereocenters. The quantitative estimate of drug-likeness (QED) is 0.543. The van der Waals surface area contributed by atoms with Crippen molar-refractivity contribution in [2.45, 2.75) is 25.3 Å². The van der Waals surface area contributed by atoms with Crippen molar-refractivity contribution in [1.82, 2.24) is 0 Å². The van der Waals surface area contributed by atoms with E-state index >= 15 is 0 Å². The van der Waals surface area contributed by atoms with E-state index in [0.717, 1.165) is 34.8 Å². The molecule has 2 amide bonds. The Labute approximate surface area is 179 Å². The number of benzene rings is 2. The predicted octanol–water partition coefficient (Wildman–Crippen LogP) is 5.96. The molecule has 0 fully saturated rings. The van der Waals surface area contributed by atoms with Crippen LogP contribution in [0.1, 0.15) is 30.2 Å². The molecule has 6 heteroatoms. The number of ketones is 1. The highest BCUT2D eigenvalue weighted by Gasteiger charge is 2.40. The van der Waals surface area contributed by atoms with Crippen LogP contribution in [-0.4, -0.2) is 11.8 Å². The van der Waals surface area contributed by atoms with Crippen molar-refractivity contribution in [2.24, 2.45) is 0 Å². The number of nitrogens with one attached hydrogen (secondary N) is 2. The van der Waals surface area contributed by atoms with Crippen LogP contribution in [0.2, 0.25) is 0 Å². The third kappa shape index (κ3) is 3.29. The number of urea groups is 1. The second-order valence-corrected chi connectivity index (χ2v) is 8.37. The number of thiophene rings is 1. The summed E-state index contributed by atoms with van der Waals surface area (Å²) in [5.41, 5.74) is 3.93. The Kier molecular flexibility index (Phi) is 4.85. The summed E-state index contributed by atoms with van der Waals surface area (Å²) in [7, 11) is 0. The molecular weight excluding hydrogens is 394 g/mol. The first-order valence-corrected chi connectivity index (χ1v) is 10.9. The van der Waals surface area contributed by atoms with Gasteiger partial charge in [-0.05, 0) is 48.6 Å². The monoisotopic (exact) mass is 415 g/mol. The van der Waals surface area contributed by atoms with Crippen LogP contribution < -0.4 is 15.5 Å². The molecule has 1 aliphatic carbocycles. The summed E-state index contributed by atoms with van der Waals surface area (Å²) in [4.78, 5) is 29.4. The van der Waals surface area contributed by atoms with Crippen molar-refractivity contribution < 1.29 is 9.59 Å². The minimum Gasteiger partial charge on any atom is -0.357 e. The third-order valence-corrected chi connectivity index (χ3v) is 6.42. The lowest BCUT2D eigenvalue weighted by Crippen LogP contribution is -2.40. The van der Waals surface area contributed by atoms with Gasteiger partial charge in [-0.1, -0.05) is 36.4 Å². The van der Waals surface area contributed by atoms with Gasteiger partial charge in [-0.15, -0.1) is 11.3 Å². The van der Waals surface area contributed by atoms with Gasteiger partial charge in [0, 0.05) is 28.3 Å². The summed E-state index contributed by atoms with van der Waals surface area (Å²) in [6.45, 7) is 0. The molecule has 2 aromatic carbocycles. The molecule has 30 heavy (non-hydrogen) atoms. The summed E-state index contributed by atoms with van der Waals surface area (Å²) >= 11 is 1.56. The van der Waals surface area contributed by atoms with Gasteiger partial charge in [-0.2, -0.15) is 0 Å². The molecule has 2 N–H and O–H groups in total. The van der Waals surface area contributed by atoms with E-state index in [4.69, 9.17) is 0 Å². The molecule has 150 valence electrons. The number of para-hydroxylation sites is 3. The van der Waals surface area contributed by atoms with E-state index in [1.54, 1.807) is 16.2 Å². The molecule has 5 rings (SSSR count). The number of hydrogen-bond donors (Lipinski definition) is 2. The zero-order valence-corrected chi connectivity index (χ0v) is 17.1. The van der Waals surface area contributed by atoms with Crippen LogP contribution >= 0.6 is 11.3 Å². The summed E-state index contributed by atoms with van der Waals surface area (Å²) < 4.78 is 0. The Morgan fingerprint density at radius 1 is 1.00 bits per heavy atom. The van der Waals surface area contributed by atoms with Gasteiger partial charge in [0.05, 0.1) is 11.4 Å². The van der Waals surface area contributed by atoms with E-state index in [1.165, 1.54) is 0 Å². The molecule has 1 aliphatic heterocycles. The lowest BCUT2D eigenvalue weighted by Gasteiger charge is -2.33. The van der Waals surface area contributed by atoms with Gasteiger partial charge in [0.25, 0.3) is 0 Å². The minimum atomic E-state index is -0.465. The number of fused-ring (bicyclic) bond motifs is 1. The molecule has 0 radical (unpaired) electrons. The van der Waals surface area contributed by atoms with Crippen LogP contribution in [-0.2, 0) is 4.79 Å². The van der Waals surface area contributed by atoms with Crippen LogP contribution in [0.25, 0.3) is 0 Å². The molecule has 2 aliphatic rings. The van der Waals surface area contributed by atoms with Gasteiger partial charge < -0.3 is 10.6 Å². The van der Waals surface area contributed by atoms with Gasteiger partial charge in [0.2, 0.25) is 0 Å². The molecular formula is C24H21N3O2S. The van der Waals surface area contributed by atoms with E-state index in [2.05, 4.69) is 10.6 Å². The fourth-order valence-corrected chi connectivity index (χ4v) is 5.00. The Morgan fingerprint density at radius 2 is 1.80 bits per heavy atom. The van der Waals surface area contributed by atoms with Crippen molar-refractivity contribution >= 4 is 40.2 Å². The maximum absolute atomic E-state index is 13.6. The predicted molar refractivity (Wildman–Crippen MR) is 121 cm³/mol. The first kappa shape index (κ1) is 18.6. The van der Waals surface area contributed by atoms with E-state index in [9.17, 15) is 9.59 Å². The zero-order chi connectivity index (χ0) is 20.5. The molecule has 1 aromatic heterocycles. The lowest BCUT2D eigenvalue weighted by molar-refractivity contribution is -0.116. The number of allylic oxidation sites excluding steroid dienone is 1. The fraction of sp³-hybridized carbons (Fsp3) is 0.167. The number of anilines is 3. The average Bonchev–Trinajstić information content (AvgIpc) is 3.24. The van der Waals surface area contributed by atoms with Crippen LogP contribution in [0.5, 0.6) is 0 Å². The highest BCUT2D eigenvalue weighted by molar-refractivity contribution is 7.10. The van der Waals surface area contributed by atoms with Crippen molar-refractivity contribution in [3.8, 4) is 0 Å². The molecule has 0 bridgehead atoms. The second kappa shape index (κ2) is 7.80. The first-order chi connectivity index (χ1) is 14.7. The number of hydrogen-bond acceptors (Lipinski definition) is 4. The molecule has 0 spiro atoms. The normalized spacial score (nSPS) is 18.2. The molecule has 1 atom stereocenters. The Morgan fingerprint density at radius 3 is 2.60 bits per heavy atom. The molecule has 0 saturated carbocycles. The average molecular weight is 416 g/mol. The van der Waals surface area contributed by atoms with Crippen LogP contribution in [0.4, 0.5) is 21.9 Å². The van der Waals surface area contributed by atoms with Gasteiger partial charge in [-0.25, -0.2) is 4.79 Å². The maximum Gasteiger partial charge on any atom is 0.327 e. The van der Waals surface area contributed by atoms with E-state index in [-0.39, 0.29) is 11.8 Å². The molecule has 5 nitrogen and oxygen atoms in total. The fourth-order valence-electron chi connectivity index (χ4n) is 4.18. The number of Topliss-reactive ketones (excluding diaryl/α,β-unsaturated/α-hetero) is 1. The van der Waals surface area contributed by atoms with Gasteiger partial charge >= 0.3 is 6.03 Å². The van der Waals surface area contributed by atoms with E-state index < -0.39 is 6.04 Å². The topological polar surface area (TPSA) is 61.4 Å². The molecule has 3 aromatic rings. The molecule has 0 saturated heterocycles. The number of carbonyl (C=O) groups excluding carboxylic acids is 2. The molecule has 2 heterocycles. The van der Waals surface area contributed by atoms with Gasteiger partial charge in [0.15, 0.2) is 5.78 Å². The summed E-state index contributed by atoms with van der Waals surface area (Å²) in [6, 6.07) is 20.4. The van der Waals surface area contributed by atoms with Crippen LogP contribution in [0.15, 0.2) is 83.4 Å². The standard InChI is InChI=1S/C24H21N3O2S/c28-20-13-6-11-18-22(20)23(21-14-7-15-30-21)27(19-12-5-4-10-17(19)26-18)24(29)25-16-8-2-1-3-9-16/h1-5,7-10,12,14-15,23,26H,6,11,13H2,(H,25,29)/t23-/m1/s1. The zero-order valence-electron chi connectivity index (χ0n) is 16.3. The highest BCUT2D eigenvalue weighted by atomic mass is 32.1. The summed E-state index contributed by atoms with van der Waals surface area (Å²) in [5, 5.41) is 8.47. The summed E-state index contributed by atoms with van der Waals surface area (Å²) in [6.07, 6.45) is 2.12. The largest absolute Gasteiger partial charge is 0.357 e. The number of nitrogens with zero attached hydrogens (tertiary/aromatic N) is 1.